The average Bonchev–Trinajstić information content (AvgIpc) is 2.30. The van der Waals surface area contributed by atoms with Gasteiger partial charge >= 0.3 is 0 Å². The fraction of sp³-hybridized carbons (Fsp3) is 0. The number of nitrogens with two attached hydrogens (primary N) is 1. The van der Waals surface area contributed by atoms with Crippen molar-refractivity contribution in [2.45, 2.75) is 0 Å². The van der Waals surface area contributed by atoms with Crippen molar-refractivity contribution in [1.82, 2.24) is 0 Å². The largest absolute Gasteiger partial charge is 0.508 e. The normalized spacial score (nSPS) is 10.1. The van der Waals surface area contributed by atoms with Gasteiger partial charge < -0.3 is 10.8 Å². The minimum absolute atomic E-state index is 0.0370. The predicted octanol–water partition coefficient (Wildman–Crippen LogP) is 2.55. The number of phenols is 1. The van der Waals surface area contributed by atoms with E-state index in [1.54, 1.807) is 18.2 Å². The van der Waals surface area contributed by atoms with E-state index in [0.29, 0.717) is 11.3 Å². The Morgan fingerprint density at radius 2 is 1.76 bits per heavy atom. The fourth-order valence-corrected chi connectivity index (χ4v) is 1.57. The maximum absolute atomic E-state index is 10.6. The van der Waals surface area contributed by atoms with E-state index in [-0.39, 0.29) is 11.4 Å². The molecular weight excluding hydrogens is 220 g/mol. The Balaban J connectivity index is 2.46. The summed E-state index contributed by atoms with van der Waals surface area (Å²) in [7, 11) is 0. The highest BCUT2D eigenvalue weighted by molar-refractivity contribution is 5.78. The fourth-order valence-electron chi connectivity index (χ4n) is 1.57. The molecule has 2 aromatic carbocycles. The molecule has 3 N–H and O–H groups in total. The lowest BCUT2D eigenvalue weighted by atomic mass is 10.0. The minimum Gasteiger partial charge on any atom is -0.508 e. The first-order valence-electron chi connectivity index (χ1n) is 4.91. The van der Waals surface area contributed by atoms with Crippen LogP contribution in [-0.2, 0) is 0 Å². The molecule has 2 aromatic rings. The molecule has 0 unspecified atom stereocenters. The summed E-state index contributed by atoms with van der Waals surface area (Å²) in [5.74, 6) is 0.161. The molecule has 0 atom stereocenters. The van der Waals surface area contributed by atoms with Crippen LogP contribution >= 0.6 is 0 Å². The number of non-ortho nitro benzene ring substituents is 1. The zero-order valence-electron chi connectivity index (χ0n) is 8.83. The van der Waals surface area contributed by atoms with Gasteiger partial charge in [0.1, 0.15) is 5.75 Å². The van der Waals surface area contributed by atoms with Crippen molar-refractivity contribution in [3.63, 3.8) is 0 Å². The van der Waals surface area contributed by atoms with Crippen LogP contribution in [0.3, 0.4) is 0 Å². The van der Waals surface area contributed by atoms with Crippen LogP contribution in [0, 0.1) is 10.1 Å². The van der Waals surface area contributed by atoms with Gasteiger partial charge in [-0.25, -0.2) is 0 Å². The van der Waals surface area contributed by atoms with Gasteiger partial charge in [-0.05, 0) is 23.8 Å². The third-order valence-electron chi connectivity index (χ3n) is 2.42. The van der Waals surface area contributed by atoms with Crippen molar-refractivity contribution in [1.29, 1.82) is 0 Å². The number of aromatic hydroxyl groups is 1. The number of nitrogen functional groups attached to an aromatic ring is 1. The molecule has 0 aliphatic rings. The number of nitro benzene ring substituents is 1. The summed E-state index contributed by atoms with van der Waals surface area (Å²) in [6.07, 6.45) is 0. The standard InChI is InChI=1S/C12H10N2O3/c13-12-7-9(14(16)17)3-6-11(12)8-1-4-10(15)5-2-8/h1-7,15H,13H2. The number of phenolic OH excluding ortho intramolecular Hbond substituents is 1. The highest BCUT2D eigenvalue weighted by Crippen LogP contribution is 2.30. The van der Waals surface area contributed by atoms with E-state index in [0.717, 1.165) is 5.56 Å². The van der Waals surface area contributed by atoms with E-state index in [9.17, 15) is 10.1 Å². The van der Waals surface area contributed by atoms with Gasteiger partial charge in [-0.2, -0.15) is 0 Å². The Hall–Kier alpha value is -2.56. The van der Waals surface area contributed by atoms with Crippen molar-refractivity contribution in [2.24, 2.45) is 0 Å². The van der Waals surface area contributed by atoms with Crippen molar-refractivity contribution < 1.29 is 10.0 Å². The third-order valence-corrected chi connectivity index (χ3v) is 2.42. The summed E-state index contributed by atoms with van der Waals surface area (Å²) < 4.78 is 0. The number of anilines is 1. The average molecular weight is 230 g/mol. The molecule has 5 heteroatoms. The molecule has 0 spiro atoms. The number of hydrogen-bond donors (Lipinski definition) is 2. The topological polar surface area (TPSA) is 89.4 Å². The summed E-state index contributed by atoms with van der Waals surface area (Å²) in [5.41, 5.74) is 7.57. The third kappa shape index (κ3) is 2.17. The van der Waals surface area contributed by atoms with E-state index >= 15 is 0 Å². The number of benzene rings is 2. The highest BCUT2D eigenvalue weighted by atomic mass is 16.6. The Labute approximate surface area is 97.3 Å². The highest BCUT2D eigenvalue weighted by Gasteiger charge is 2.09. The van der Waals surface area contributed by atoms with Gasteiger partial charge in [-0.1, -0.05) is 12.1 Å². The molecule has 0 saturated carbocycles. The Morgan fingerprint density at radius 1 is 1.12 bits per heavy atom. The predicted molar refractivity (Wildman–Crippen MR) is 64.6 cm³/mol. The van der Waals surface area contributed by atoms with Gasteiger partial charge in [0.25, 0.3) is 5.69 Å². The van der Waals surface area contributed by atoms with Crippen LogP contribution in [-0.4, -0.2) is 10.0 Å². The van der Waals surface area contributed by atoms with Crippen molar-refractivity contribution in [3.05, 3.63) is 52.6 Å². The second kappa shape index (κ2) is 4.13. The summed E-state index contributed by atoms with van der Waals surface area (Å²) in [4.78, 5) is 10.1. The minimum atomic E-state index is -0.489. The van der Waals surface area contributed by atoms with Gasteiger partial charge in [-0.15, -0.1) is 0 Å². The Bertz CT molecular complexity index is 564. The van der Waals surface area contributed by atoms with E-state index < -0.39 is 4.92 Å². The summed E-state index contributed by atoms with van der Waals surface area (Å²) in [5, 5.41) is 19.7. The number of rotatable bonds is 2. The number of nitrogens with zero attached hydrogens (tertiary/aromatic N) is 1. The lowest BCUT2D eigenvalue weighted by molar-refractivity contribution is -0.384. The Kier molecular flexibility index (Phi) is 2.66. The molecule has 0 saturated heterocycles. The van der Waals surface area contributed by atoms with Gasteiger partial charge in [-0.3, -0.25) is 10.1 Å². The van der Waals surface area contributed by atoms with Gasteiger partial charge in [0, 0.05) is 23.4 Å². The van der Waals surface area contributed by atoms with Gasteiger partial charge in [0.2, 0.25) is 0 Å². The molecule has 5 nitrogen and oxygen atoms in total. The quantitative estimate of drug-likeness (QED) is 0.471. The van der Waals surface area contributed by atoms with E-state index in [1.165, 1.54) is 24.3 Å². The molecule has 0 aromatic heterocycles. The zero-order valence-corrected chi connectivity index (χ0v) is 8.83. The van der Waals surface area contributed by atoms with E-state index in [2.05, 4.69) is 0 Å². The number of hydrogen-bond acceptors (Lipinski definition) is 4. The first-order chi connectivity index (χ1) is 8.08. The Morgan fingerprint density at radius 3 is 2.29 bits per heavy atom. The van der Waals surface area contributed by atoms with Crippen molar-refractivity contribution in [2.75, 3.05) is 5.73 Å². The molecule has 2 rings (SSSR count). The van der Waals surface area contributed by atoms with Crippen LogP contribution in [0.25, 0.3) is 11.1 Å². The SMILES string of the molecule is Nc1cc([N+](=O)[O-])ccc1-c1ccc(O)cc1. The molecule has 0 bridgehead atoms. The number of nitro groups is 1. The van der Waals surface area contributed by atoms with Crippen LogP contribution in [0.2, 0.25) is 0 Å². The lowest BCUT2D eigenvalue weighted by Crippen LogP contribution is -1.93. The molecule has 0 amide bonds. The maximum atomic E-state index is 10.6. The van der Waals surface area contributed by atoms with E-state index in [4.69, 9.17) is 10.8 Å². The zero-order chi connectivity index (χ0) is 12.4. The van der Waals surface area contributed by atoms with Crippen LogP contribution in [0.1, 0.15) is 0 Å². The monoisotopic (exact) mass is 230 g/mol. The summed E-state index contributed by atoms with van der Waals surface area (Å²) in [6, 6.07) is 10.8. The summed E-state index contributed by atoms with van der Waals surface area (Å²) >= 11 is 0. The molecule has 0 fully saturated rings. The summed E-state index contributed by atoms with van der Waals surface area (Å²) in [6.45, 7) is 0. The van der Waals surface area contributed by atoms with Crippen molar-refractivity contribution >= 4 is 11.4 Å². The molecule has 0 radical (unpaired) electrons. The molecule has 17 heavy (non-hydrogen) atoms. The van der Waals surface area contributed by atoms with Crippen LogP contribution < -0.4 is 5.73 Å². The van der Waals surface area contributed by atoms with Crippen molar-refractivity contribution in [3.8, 4) is 16.9 Å². The first-order valence-corrected chi connectivity index (χ1v) is 4.91. The molecule has 0 aliphatic carbocycles. The molecule has 0 heterocycles. The van der Waals surface area contributed by atoms with Crippen LogP contribution in [0.5, 0.6) is 5.75 Å². The van der Waals surface area contributed by atoms with E-state index in [1.807, 2.05) is 0 Å². The second-order valence-electron chi connectivity index (χ2n) is 3.58. The lowest BCUT2D eigenvalue weighted by Gasteiger charge is -2.05. The smallest absolute Gasteiger partial charge is 0.271 e. The first kappa shape index (κ1) is 10.9. The van der Waals surface area contributed by atoms with Gasteiger partial charge in [0.15, 0.2) is 0 Å². The molecular formula is C12H10N2O3. The van der Waals surface area contributed by atoms with Crippen LogP contribution in [0.15, 0.2) is 42.5 Å². The molecule has 86 valence electrons. The van der Waals surface area contributed by atoms with Crippen LogP contribution in [0.4, 0.5) is 11.4 Å². The maximum Gasteiger partial charge on any atom is 0.271 e. The molecule has 0 aliphatic heterocycles. The van der Waals surface area contributed by atoms with Gasteiger partial charge in [0.05, 0.1) is 4.92 Å². The second-order valence-corrected chi connectivity index (χ2v) is 3.58.